The Hall–Kier alpha value is -2.48. The maximum atomic E-state index is 13.2. The molecule has 1 amide bonds. The quantitative estimate of drug-likeness (QED) is 0.887. The minimum Gasteiger partial charge on any atom is -0.322 e. The number of carbonyl (C=O) groups is 1. The number of benzene rings is 2. The second-order valence-electron chi connectivity index (χ2n) is 6.18. The first-order valence-electron chi connectivity index (χ1n) is 8.15. The van der Waals surface area contributed by atoms with E-state index in [1.54, 1.807) is 19.1 Å². The molecule has 2 aromatic carbocycles. The predicted octanol–water partition coefficient (Wildman–Crippen LogP) is 3.46. The van der Waals surface area contributed by atoms with Crippen LogP contribution in [0.15, 0.2) is 36.4 Å². The van der Waals surface area contributed by atoms with Crippen LogP contribution in [-0.2, 0) is 10.0 Å². The molecular formula is C18H18F2N2O3S. The summed E-state index contributed by atoms with van der Waals surface area (Å²) in [5, 5.41) is 2.49. The lowest BCUT2D eigenvalue weighted by Crippen LogP contribution is -2.38. The van der Waals surface area contributed by atoms with Crippen LogP contribution in [0.3, 0.4) is 0 Å². The Morgan fingerprint density at radius 1 is 1.08 bits per heavy atom. The molecule has 0 unspecified atom stereocenters. The molecule has 1 N–H and O–H groups in total. The van der Waals surface area contributed by atoms with Crippen molar-refractivity contribution in [2.24, 2.45) is 0 Å². The summed E-state index contributed by atoms with van der Waals surface area (Å²) in [4.78, 5) is 12.3. The van der Waals surface area contributed by atoms with E-state index in [2.05, 4.69) is 5.32 Å². The number of aryl methyl sites for hydroxylation is 1. The molecule has 26 heavy (non-hydrogen) atoms. The smallest absolute Gasteiger partial charge is 0.255 e. The van der Waals surface area contributed by atoms with Crippen LogP contribution < -0.4 is 9.62 Å². The SMILES string of the molecule is Cc1cc(C(=O)Nc2ccc(F)c(F)c2)ccc1N1CCCCS1(=O)=O. The van der Waals surface area contributed by atoms with Crippen LogP contribution in [0.1, 0.15) is 28.8 Å². The van der Waals surface area contributed by atoms with Crippen molar-refractivity contribution in [3.05, 3.63) is 59.2 Å². The van der Waals surface area contributed by atoms with Gasteiger partial charge in [-0.3, -0.25) is 9.10 Å². The monoisotopic (exact) mass is 380 g/mol. The Balaban J connectivity index is 1.82. The Labute approximate surface area is 150 Å². The minimum absolute atomic E-state index is 0.116. The molecule has 0 aliphatic carbocycles. The van der Waals surface area contributed by atoms with E-state index in [9.17, 15) is 22.0 Å². The number of sulfonamides is 1. The molecule has 1 heterocycles. The molecule has 0 aromatic heterocycles. The molecule has 0 bridgehead atoms. The van der Waals surface area contributed by atoms with Crippen molar-refractivity contribution in [1.29, 1.82) is 0 Å². The number of hydrogen-bond acceptors (Lipinski definition) is 3. The molecule has 0 radical (unpaired) electrons. The highest BCUT2D eigenvalue weighted by Gasteiger charge is 2.27. The average molecular weight is 380 g/mol. The minimum atomic E-state index is -3.33. The topological polar surface area (TPSA) is 66.5 Å². The summed E-state index contributed by atoms with van der Waals surface area (Å²) in [6.45, 7) is 2.15. The number of anilines is 2. The van der Waals surface area contributed by atoms with E-state index in [1.807, 2.05) is 0 Å². The maximum absolute atomic E-state index is 13.2. The van der Waals surface area contributed by atoms with E-state index in [-0.39, 0.29) is 11.4 Å². The van der Waals surface area contributed by atoms with Crippen molar-refractivity contribution in [2.45, 2.75) is 19.8 Å². The van der Waals surface area contributed by atoms with Crippen molar-refractivity contribution in [2.75, 3.05) is 21.9 Å². The van der Waals surface area contributed by atoms with Gasteiger partial charge >= 0.3 is 0 Å². The second kappa shape index (κ2) is 7.03. The molecule has 2 aromatic rings. The van der Waals surface area contributed by atoms with Crippen molar-refractivity contribution >= 4 is 27.3 Å². The molecule has 1 aliphatic rings. The number of halogens is 2. The molecule has 0 spiro atoms. The Kier molecular flexibility index (Phi) is 4.95. The third-order valence-corrected chi connectivity index (χ3v) is 6.11. The maximum Gasteiger partial charge on any atom is 0.255 e. The van der Waals surface area contributed by atoms with Crippen LogP contribution >= 0.6 is 0 Å². The predicted molar refractivity (Wildman–Crippen MR) is 95.9 cm³/mol. The van der Waals surface area contributed by atoms with Crippen LogP contribution in [0, 0.1) is 18.6 Å². The van der Waals surface area contributed by atoms with Gasteiger partial charge in [0, 0.05) is 23.9 Å². The summed E-state index contributed by atoms with van der Waals surface area (Å²) in [5.74, 6) is -2.42. The fraction of sp³-hybridized carbons (Fsp3) is 0.278. The summed E-state index contributed by atoms with van der Waals surface area (Å²) in [5.41, 5.74) is 1.63. The molecule has 0 atom stereocenters. The van der Waals surface area contributed by atoms with Gasteiger partial charge in [0.05, 0.1) is 11.4 Å². The van der Waals surface area contributed by atoms with Gasteiger partial charge in [-0.05, 0) is 55.7 Å². The molecular weight excluding hydrogens is 362 g/mol. The van der Waals surface area contributed by atoms with Gasteiger partial charge in [0.25, 0.3) is 5.91 Å². The first-order valence-corrected chi connectivity index (χ1v) is 9.76. The van der Waals surface area contributed by atoms with Crippen LogP contribution in [-0.4, -0.2) is 26.6 Å². The lowest BCUT2D eigenvalue weighted by atomic mass is 10.1. The highest BCUT2D eigenvalue weighted by Crippen LogP contribution is 2.28. The summed E-state index contributed by atoms with van der Waals surface area (Å²) < 4.78 is 52.0. The number of nitrogens with zero attached hydrogens (tertiary/aromatic N) is 1. The third-order valence-electron chi connectivity index (χ3n) is 4.25. The first kappa shape index (κ1) is 18.3. The summed E-state index contributed by atoms with van der Waals surface area (Å²) in [6, 6.07) is 7.78. The first-order chi connectivity index (χ1) is 12.3. The van der Waals surface area contributed by atoms with Crippen molar-refractivity contribution < 1.29 is 22.0 Å². The largest absolute Gasteiger partial charge is 0.322 e. The highest BCUT2D eigenvalue weighted by molar-refractivity contribution is 7.92. The van der Waals surface area contributed by atoms with E-state index in [0.29, 0.717) is 29.8 Å². The molecule has 0 saturated carbocycles. The molecule has 1 aliphatic heterocycles. The fourth-order valence-corrected chi connectivity index (χ4v) is 4.61. The van der Waals surface area contributed by atoms with Crippen LogP contribution in [0.5, 0.6) is 0 Å². The lowest BCUT2D eigenvalue weighted by Gasteiger charge is -2.29. The molecule has 1 saturated heterocycles. The normalized spacial score (nSPS) is 16.3. The number of rotatable bonds is 3. The second-order valence-corrected chi connectivity index (χ2v) is 8.19. The van der Waals surface area contributed by atoms with Crippen molar-refractivity contribution in [1.82, 2.24) is 0 Å². The van der Waals surface area contributed by atoms with E-state index in [1.165, 1.54) is 16.4 Å². The molecule has 5 nitrogen and oxygen atoms in total. The van der Waals surface area contributed by atoms with Crippen LogP contribution in [0.25, 0.3) is 0 Å². The molecule has 8 heteroatoms. The van der Waals surface area contributed by atoms with E-state index in [4.69, 9.17) is 0 Å². The molecule has 1 fully saturated rings. The summed E-state index contributed by atoms with van der Waals surface area (Å²) in [6.07, 6.45) is 1.43. The Morgan fingerprint density at radius 2 is 1.85 bits per heavy atom. The lowest BCUT2D eigenvalue weighted by molar-refractivity contribution is 0.102. The van der Waals surface area contributed by atoms with Gasteiger partial charge in [-0.15, -0.1) is 0 Å². The van der Waals surface area contributed by atoms with Crippen molar-refractivity contribution in [3.8, 4) is 0 Å². The van der Waals surface area contributed by atoms with Crippen LogP contribution in [0.4, 0.5) is 20.2 Å². The van der Waals surface area contributed by atoms with E-state index < -0.39 is 27.6 Å². The van der Waals surface area contributed by atoms with Gasteiger partial charge in [0.1, 0.15) is 0 Å². The zero-order valence-corrected chi connectivity index (χ0v) is 14.9. The van der Waals surface area contributed by atoms with Crippen LogP contribution in [0.2, 0.25) is 0 Å². The van der Waals surface area contributed by atoms with Gasteiger partial charge in [0.15, 0.2) is 11.6 Å². The summed E-state index contributed by atoms with van der Waals surface area (Å²) in [7, 11) is -3.33. The molecule has 138 valence electrons. The standard InChI is InChI=1S/C18H18F2N2O3S/c1-12-10-13(18(23)21-14-5-6-15(19)16(20)11-14)4-7-17(12)22-8-2-3-9-26(22,24)25/h4-7,10-11H,2-3,8-9H2,1H3,(H,21,23). The highest BCUT2D eigenvalue weighted by atomic mass is 32.2. The summed E-state index contributed by atoms with van der Waals surface area (Å²) >= 11 is 0. The molecule has 3 rings (SSSR count). The van der Waals surface area contributed by atoms with Gasteiger partial charge < -0.3 is 5.32 Å². The Bertz CT molecular complexity index is 961. The average Bonchev–Trinajstić information content (AvgIpc) is 2.58. The zero-order valence-electron chi connectivity index (χ0n) is 14.1. The number of carbonyl (C=O) groups excluding carboxylic acids is 1. The van der Waals surface area contributed by atoms with Crippen molar-refractivity contribution in [3.63, 3.8) is 0 Å². The third kappa shape index (κ3) is 3.70. The van der Waals surface area contributed by atoms with Gasteiger partial charge in [-0.1, -0.05) is 0 Å². The van der Waals surface area contributed by atoms with E-state index in [0.717, 1.165) is 18.6 Å². The zero-order chi connectivity index (χ0) is 18.9. The van der Waals surface area contributed by atoms with E-state index >= 15 is 0 Å². The van der Waals surface area contributed by atoms with Gasteiger partial charge in [-0.2, -0.15) is 0 Å². The Morgan fingerprint density at radius 3 is 2.50 bits per heavy atom. The number of amides is 1. The fourth-order valence-electron chi connectivity index (χ4n) is 2.91. The number of nitrogens with one attached hydrogen (secondary N) is 1. The number of hydrogen-bond donors (Lipinski definition) is 1. The van der Waals surface area contributed by atoms with Gasteiger partial charge in [0.2, 0.25) is 10.0 Å². The van der Waals surface area contributed by atoms with Gasteiger partial charge in [-0.25, -0.2) is 17.2 Å².